The van der Waals surface area contributed by atoms with Gasteiger partial charge in [0.25, 0.3) is 0 Å². The Balaban J connectivity index is 0.000000390. The molecule has 0 radical (unpaired) electrons. The van der Waals surface area contributed by atoms with Gasteiger partial charge in [0.15, 0.2) is 0 Å². The Bertz CT molecular complexity index is 904. The molecule has 0 amide bonds. The summed E-state index contributed by atoms with van der Waals surface area (Å²) in [5.41, 5.74) is 7.95. The molecule has 0 unspecified atom stereocenters. The minimum atomic E-state index is 0.299. The van der Waals surface area contributed by atoms with Gasteiger partial charge in [0.2, 0.25) is 0 Å². The second-order valence-electron chi connectivity index (χ2n) is 7.32. The molecule has 4 aromatic rings. The van der Waals surface area contributed by atoms with Gasteiger partial charge < -0.3 is 0 Å². The number of benzene rings is 4. The van der Waals surface area contributed by atoms with Crippen molar-refractivity contribution in [2.24, 2.45) is 0 Å². The first-order valence-corrected chi connectivity index (χ1v) is 11.8. The van der Waals surface area contributed by atoms with E-state index in [0.717, 1.165) is 0 Å². The molecule has 0 atom stereocenters. The van der Waals surface area contributed by atoms with Crippen molar-refractivity contribution in [2.45, 2.75) is 54.4 Å². The molecule has 0 N–H and O–H groups in total. The highest BCUT2D eigenvalue weighted by atomic mass is 14.2. The van der Waals surface area contributed by atoms with Crippen LogP contribution in [0, 0.1) is 20.8 Å². The van der Waals surface area contributed by atoms with E-state index in [9.17, 15) is 0 Å². The van der Waals surface area contributed by atoms with Gasteiger partial charge in [0, 0.05) is 5.92 Å². The highest BCUT2D eigenvalue weighted by Gasteiger charge is 2.16. The third-order valence-electron chi connectivity index (χ3n) is 4.89. The van der Waals surface area contributed by atoms with Crippen molar-refractivity contribution in [3.63, 3.8) is 0 Å². The molecule has 0 nitrogen and oxygen atoms in total. The lowest BCUT2D eigenvalue weighted by Gasteiger charge is -2.19. The fraction of sp³-hybridized carbons (Fsp3) is 0.250. The molecule has 0 bridgehead atoms. The second kappa shape index (κ2) is 15.6. The summed E-state index contributed by atoms with van der Waals surface area (Å²) in [7, 11) is 0. The van der Waals surface area contributed by atoms with Gasteiger partial charge in [-0.25, -0.2) is 0 Å². The fourth-order valence-electron chi connectivity index (χ4n) is 3.28. The molecule has 4 aromatic carbocycles. The molecule has 0 fully saturated rings. The van der Waals surface area contributed by atoms with Crippen LogP contribution in [0.2, 0.25) is 0 Å². The molecule has 0 heterocycles. The van der Waals surface area contributed by atoms with Crippen LogP contribution in [0.4, 0.5) is 0 Å². The summed E-state index contributed by atoms with van der Waals surface area (Å²) in [6, 6.07) is 38.7. The first-order chi connectivity index (χ1) is 15.6. The first kappa shape index (κ1) is 26.9. The van der Waals surface area contributed by atoms with E-state index < -0.39 is 0 Å². The third-order valence-corrected chi connectivity index (χ3v) is 4.89. The Morgan fingerprint density at radius 1 is 0.344 bits per heavy atom. The maximum Gasteiger partial charge on any atom is 0.0339 e. The molecule has 32 heavy (non-hydrogen) atoms. The van der Waals surface area contributed by atoms with Crippen LogP contribution in [0.1, 0.15) is 67.0 Å². The van der Waals surface area contributed by atoms with E-state index in [2.05, 4.69) is 112 Å². The highest BCUT2D eigenvalue weighted by molar-refractivity contribution is 5.44. The Morgan fingerprint density at radius 3 is 0.938 bits per heavy atom. The zero-order valence-electron chi connectivity index (χ0n) is 21.0. The topological polar surface area (TPSA) is 0 Å². The van der Waals surface area contributed by atoms with Crippen molar-refractivity contribution in [3.8, 4) is 0 Å². The van der Waals surface area contributed by atoms with Crippen LogP contribution in [-0.4, -0.2) is 0 Å². The van der Waals surface area contributed by atoms with Crippen LogP contribution in [0.15, 0.2) is 109 Å². The van der Waals surface area contributed by atoms with E-state index >= 15 is 0 Å². The van der Waals surface area contributed by atoms with Gasteiger partial charge in [-0.15, -0.1) is 0 Å². The average Bonchev–Trinajstić information content (AvgIpc) is 2.86. The monoisotopic (exact) mass is 424 g/mol. The maximum absolute atomic E-state index is 2.24. The fourth-order valence-corrected chi connectivity index (χ4v) is 3.28. The van der Waals surface area contributed by atoms with Gasteiger partial charge in [-0.2, -0.15) is 0 Å². The lowest BCUT2D eigenvalue weighted by Crippen LogP contribution is -2.03. The molecule has 0 saturated carbocycles. The van der Waals surface area contributed by atoms with Crippen molar-refractivity contribution in [3.05, 3.63) is 143 Å². The SMILES string of the molecule is CC.CC.Cc1ccc(C(c2ccccc2)c2ccc(C)cc2)cc1.Cc1ccccc1. The summed E-state index contributed by atoms with van der Waals surface area (Å²) in [5.74, 6) is 0.299. The lowest BCUT2D eigenvalue weighted by atomic mass is 9.85. The molecule has 0 aliphatic rings. The normalized spacial score (nSPS) is 9.38. The smallest absolute Gasteiger partial charge is 0.0339 e. The van der Waals surface area contributed by atoms with Crippen LogP contribution in [-0.2, 0) is 0 Å². The van der Waals surface area contributed by atoms with Gasteiger partial charge in [0.1, 0.15) is 0 Å². The maximum atomic E-state index is 2.24. The molecule has 4 rings (SSSR count). The van der Waals surface area contributed by atoms with E-state index in [1.165, 1.54) is 33.4 Å². The van der Waals surface area contributed by atoms with Crippen LogP contribution in [0.3, 0.4) is 0 Å². The van der Waals surface area contributed by atoms with E-state index in [1.54, 1.807) is 0 Å². The Hall–Kier alpha value is -3.12. The minimum Gasteiger partial charge on any atom is -0.0683 e. The van der Waals surface area contributed by atoms with Gasteiger partial charge in [-0.05, 0) is 37.5 Å². The second-order valence-corrected chi connectivity index (χ2v) is 7.32. The minimum absolute atomic E-state index is 0.299. The summed E-state index contributed by atoms with van der Waals surface area (Å²) >= 11 is 0. The molecule has 0 aliphatic heterocycles. The van der Waals surface area contributed by atoms with Crippen LogP contribution < -0.4 is 0 Å². The van der Waals surface area contributed by atoms with Gasteiger partial charge in [-0.1, -0.05) is 154 Å². The summed E-state index contributed by atoms with van der Waals surface area (Å²) in [6.45, 7) is 14.3. The first-order valence-electron chi connectivity index (χ1n) is 11.8. The molecule has 0 spiro atoms. The zero-order valence-corrected chi connectivity index (χ0v) is 21.0. The largest absolute Gasteiger partial charge is 0.0683 e. The summed E-state index contributed by atoms with van der Waals surface area (Å²) in [6.07, 6.45) is 0. The van der Waals surface area contributed by atoms with Gasteiger partial charge >= 0.3 is 0 Å². The van der Waals surface area contributed by atoms with Crippen LogP contribution >= 0.6 is 0 Å². The average molecular weight is 425 g/mol. The van der Waals surface area contributed by atoms with E-state index in [-0.39, 0.29) is 0 Å². The van der Waals surface area contributed by atoms with Crippen molar-refractivity contribution in [2.75, 3.05) is 0 Å². The number of hydrogen-bond acceptors (Lipinski definition) is 0. The van der Waals surface area contributed by atoms with Gasteiger partial charge in [-0.3, -0.25) is 0 Å². The summed E-state index contributed by atoms with van der Waals surface area (Å²) in [4.78, 5) is 0. The Labute approximate surface area is 197 Å². The standard InChI is InChI=1S/C21H20.C7H8.2C2H6/c1-16-8-12-19(13-9-16)21(18-6-4-3-5-7-18)20-14-10-17(2)11-15-20;1-7-5-3-2-4-6-7;2*1-2/h3-15,21H,1-2H3;2-6H,1H3;2*1-2H3. The summed E-state index contributed by atoms with van der Waals surface area (Å²) in [5, 5.41) is 0. The third kappa shape index (κ3) is 8.94. The zero-order chi connectivity index (χ0) is 23.8. The van der Waals surface area contributed by atoms with Crippen molar-refractivity contribution in [1.82, 2.24) is 0 Å². The molecular formula is C32H40. The highest BCUT2D eigenvalue weighted by Crippen LogP contribution is 2.32. The predicted octanol–water partition coefficient (Wildman–Crippen LogP) is 9.53. The molecule has 0 aromatic heterocycles. The predicted molar refractivity (Wildman–Crippen MR) is 144 cm³/mol. The van der Waals surface area contributed by atoms with E-state index in [0.29, 0.717) is 5.92 Å². The van der Waals surface area contributed by atoms with Crippen LogP contribution in [0.5, 0.6) is 0 Å². The lowest BCUT2D eigenvalue weighted by molar-refractivity contribution is 0.974. The van der Waals surface area contributed by atoms with Crippen molar-refractivity contribution < 1.29 is 0 Å². The van der Waals surface area contributed by atoms with Crippen molar-refractivity contribution in [1.29, 1.82) is 0 Å². The molecule has 0 saturated heterocycles. The summed E-state index contributed by atoms with van der Waals surface area (Å²) < 4.78 is 0. The molecular weight excluding hydrogens is 384 g/mol. The quantitative estimate of drug-likeness (QED) is 0.287. The number of aryl methyl sites for hydroxylation is 3. The van der Waals surface area contributed by atoms with Crippen molar-refractivity contribution >= 4 is 0 Å². The van der Waals surface area contributed by atoms with Gasteiger partial charge in [0.05, 0.1) is 0 Å². The van der Waals surface area contributed by atoms with E-state index in [4.69, 9.17) is 0 Å². The number of rotatable bonds is 3. The molecule has 0 heteroatoms. The Kier molecular flexibility index (Phi) is 13.2. The molecule has 168 valence electrons. The number of hydrogen-bond donors (Lipinski definition) is 0. The molecule has 0 aliphatic carbocycles. The van der Waals surface area contributed by atoms with E-state index in [1.807, 2.05) is 45.9 Å². The Morgan fingerprint density at radius 2 is 0.625 bits per heavy atom. The van der Waals surface area contributed by atoms with Crippen LogP contribution in [0.25, 0.3) is 0 Å².